The van der Waals surface area contributed by atoms with Crippen LogP contribution in [-0.2, 0) is 16.0 Å². The summed E-state index contributed by atoms with van der Waals surface area (Å²) in [4.78, 5) is 10.8. The normalized spacial score (nSPS) is 11.2. The van der Waals surface area contributed by atoms with E-state index in [9.17, 15) is 22.4 Å². The van der Waals surface area contributed by atoms with Crippen molar-refractivity contribution >= 4 is 5.97 Å². The van der Waals surface area contributed by atoms with Crippen molar-refractivity contribution in [3.8, 4) is 5.75 Å². The van der Waals surface area contributed by atoms with Gasteiger partial charge in [0.2, 0.25) is 0 Å². The Morgan fingerprint density at radius 1 is 1.33 bits per heavy atom. The predicted octanol–water partition coefficient (Wildman–Crippen LogP) is 2.83. The molecule has 0 spiro atoms. The van der Waals surface area contributed by atoms with Gasteiger partial charge in [-0.1, -0.05) is 6.07 Å². The van der Waals surface area contributed by atoms with Gasteiger partial charge in [0.05, 0.1) is 7.11 Å². The first-order valence-corrected chi connectivity index (χ1v) is 4.93. The Morgan fingerprint density at radius 2 is 2.00 bits per heavy atom. The first kappa shape index (κ1) is 14.3. The summed E-state index contributed by atoms with van der Waals surface area (Å²) in [5, 5.41) is 0. The van der Waals surface area contributed by atoms with Crippen LogP contribution in [0, 0.1) is 5.82 Å². The molecule has 0 saturated carbocycles. The fourth-order valence-corrected chi connectivity index (χ4v) is 1.26. The van der Waals surface area contributed by atoms with Crippen LogP contribution in [0.2, 0.25) is 0 Å². The molecule has 7 heteroatoms. The van der Waals surface area contributed by atoms with Crippen LogP contribution >= 0.6 is 0 Å². The molecule has 1 aromatic carbocycles. The molecule has 0 unspecified atom stereocenters. The molecule has 0 aliphatic rings. The average molecular weight is 266 g/mol. The van der Waals surface area contributed by atoms with E-state index in [2.05, 4.69) is 9.47 Å². The van der Waals surface area contributed by atoms with Gasteiger partial charge in [0.25, 0.3) is 0 Å². The maximum Gasteiger partial charge on any atom is 0.573 e. The molecule has 0 saturated heterocycles. The van der Waals surface area contributed by atoms with Crippen molar-refractivity contribution in [3.63, 3.8) is 0 Å². The van der Waals surface area contributed by atoms with Crippen molar-refractivity contribution in [2.75, 3.05) is 7.11 Å². The van der Waals surface area contributed by atoms with Crippen LogP contribution in [-0.4, -0.2) is 19.4 Å². The molecular weight excluding hydrogens is 256 g/mol. The Bertz CT molecular complexity index is 429. The topological polar surface area (TPSA) is 35.5 Å². The zero-order valence-electron chi connectivity index (χ0n) is 9.38. The largest absolute Gasteiger partial charge is 0.573 e. The fraction of sp³-hybridized carbons (Fsp3) is 0.364. The lowest BCUT2D eigenvalue weighted by atomic mass is 10.1. The minimum atomic E-state index is -4.94. The molecule has 0 heterocycles. The highest BCUT2D eigenvalue weighted by Gasteiger charge is 2.32. The SMILES string of the molecule is COC(=O)CCc1ccc(OC(F)(F)F)c(F)c1. The average Bonchev–Trinajstić information content (AvgIpc) is 2.27. The number of halogens is 4. The maximum atomic E-state index is 13.2. The van der Waals surface area contributed by atoms with E-state index in [0.29, 0.717) is 5.56 Å². The van der Waals surface area contributed by atoms with Gasteiger partial charge in [0.15, 0.2) is 11.6 Å². The Morgan fingerprint density at radius 3 is 2.50 bits per heavy atom. The second-order valence-electron chi connectivity index (χ2n) is 3.39. The minimum Gasteiger partial charge on any atom is -0.469 e. The highest BCUT2D eigenvalue weighted by Crippen LogP contribution is 2.26. The summed E-state index contributed by atoms with van der Waals surface area (Å²) in [5.41, 5.74) is 0.382. The highest BCUT2D eigenvalue weighted by atomic mass is 19.4. The number of carbonyl (C=O) groups is 1. The van der Waals surface area contributed by atoms with Crippen molar-refractivity contribution in [1.29, 1.82) is 0 Å². The quantitative estimate of drug-likeness (QED) is 0.621. The third kappa shape index (κ3) is 4.60. The summed E-state index contributed by atoms with van der Waals surface area (Å²) in [7, 11) is 1.21. The lowest BCUT2D eigenvalue weighted by molar-refractivity contribution is -0.275. The smallest absolute Gasteiger partial charge is 0.469 e. The Balaban J connectivity index is 2.70. The van der Waals surface area contributed by atoms with Crippen LogP contribution < -0.4 is 4.74 Å². The minimum absolute atomic E-state index is 0.0232. The van der Waals surface area contributed by atoms with E-state index in [0.717, 1.165) is 12.1 Å². The van der Waals surface area contributed by atoms with Crippen molar-refractivity contribution in [1.82, 2.24) is 0 Å². The zero-order valence-corrected chi connectivity index (χ0v) is 9.38. The summed E-state index contributed by atoms with van der Waals surface area (Å²) in [6.45, 7) is 0. The van der Waals surface area contributed by atoms with E-state index >= 15 is 0 Å². The summed E-state index contributed by atoms with van der Waals surface area (Å²) in [5.74, 6) is -2.51. The van der Waals surface area contributed by atoms with E-state index in [1.807, 2.05) is 0 Å². The lowest BCUT2D eigenvalue weighted by Crippen LogP contribution is -2.18. The summed E-state index contributed by atoms with van der Waals surface area (Å²) in [6, 6.07) is 3.02. The lowest BCUT2D eigenvalue weighted by Gasteiger charge is -2.10. The van der Waals surface area contributed by atoms with Gasteiger partial charge >= 0.3 is 12.3 Å². The third-order valence-electron chi connectivity index (χ3n) is 2.07. The molecule has 0 amide bonds. The van der Waals surface area contributed by atoms with Gasteiger partial charge in [-0.25, -0.2) is 4.39 Å². The van der Waals surface area contributed by atoms with Crippen molar-refractivity contribution in [2.24, 2.45) is 0 Å². The monoisotopic (exact) mass is 266 g/mol. The number of hydrogen-bond acceptors (Lipinski definition) is 3. The number of benzene rings is 1. The van der Waals surface area contributed by atoms with Gasteiger partial charge in [-0.2, -0.15) is 0 Å². The van der Waals surface area contributed by atoms with Gasteiger partial charge in [0, 0.05) is 6.42 Å². The van der Waals surface area contributed by atoms with Gasteiger partial charge in [-0.05, 0) is 24.1 Å². The molecule has 0 aliphatic heterocycles. The molecule has 0 aromatic heterocycles. The molecular formula is C11H10F4O3. The molecule has 0 atom stereocenters. The van der Waals surface area contributed by atoms with E-state index in [4.69, 9.17) is 0 Å². The van der Waals surface area contributed by atoms with Crippen LogP contribution in [0.5, 0.6) is 5.75 Å². The summed E-state index contributed by atoms with van der Waals surface area (Å²) >= 11 is 0. The number of hydrogen-bond donors (Lipinski definition) is 0. The van der Waals surface area contributed by atoms with E-state index in [1.165, 1.54) is 13.2 Å². The Labute approximate surface area is 100 Å². The number of methoxy groups -OCH3 is 1. The standard InChI is InChI=1S/C11H10F4O3/c1-17-10(16)5-3-7-2-4-9(8(12)6-7)18-11(13,14)15/h2,4,6H,3,5H2,1H3. The maximum absolute atomic E-state index is 13.2. The number of aryl methyl sites for hydroxylation is 1. The van der Waals surface area contributed by atoms with Gasteiger partial charge in [0.1, 0.15) is 0 Å². The predicted molar refractivity (Wildman–Crippen MR) is 53.4 cm³/mol. The van der Waals surface area contributed by atoms with Gasteiger partial charge < -0.3 is 9.47 Å². The number of carbonyl (C=O) groups excluding carboxylic acids is 1. The zero-order chi connectivity index (χ0) is 13.8. The molecule has 1 aromatic rings. The van der Waals surface area contributed by atoms with Gasteiger partial charge in [-0.3, -0.25) is 4.79 Å². The third-order valence-corrected chi connectivity index (χ3v) is 2.07. The van der Waals surface area contributed by atoms with Crippen LogP contribution in [0.1, 0.15) is 12.0 Å². The second kappa shape index (κ2) is 5.70. The second-order valence-corrected chi connectivity index (χ2v) is 3.39. The van der Waals surface area contributed by atoms with Crippen molar-refractivity contribution in [2.45, 2.75) is 19.2 Å². The summed E-state index contributed by atoms with van der Waals surface area (Å²) < 4.78 is 56.7. The molecule has 1 rings (SSSR count). The van der Waals surface area contributed by atoms with Crippen LogP contribution in [0.25, 0.3) is 0 Å². The number of ether oxygens (including phenoxy) is 2. The number of esters is 1. The number of alkyl halides is 3. The summed E-state index contributed by atoms with van der Waals surface area (Å²) in [6.07, 6.45) is -4.74. The van der Waals surface area contributed by atoms with Crippen molar-refractivity contribution in [3.05, 3.63) is 29.6 Å². The first-order chi connectivity index (χ1) is 8.31. The number of rotatable bonds is 4. The highest BCUT2D eigenvalue weighted by molar-refractivity contribution is 5.69. The van der Waals surface area contributed by atoms with E-state index in [-0.39, 0.29) is 12.8 Å². The van der Waals surface area contributed by atoms with Crippen LogP contribution in [0.15, 0.2) is 18.2 Å². The molecule has 3 nitrogen and oxygen atoms in total. The molecule has 100 valence electrons. The van der Waals surface area contributed by atoms with Crippen molar-refractivity contribution < 1.29 is 31.8 Å². The molecule has 18 heavy (non-hydrogen) atoms. The van der Waals surface area contributed by atoms with Gasteiger partial charge in [-0.15, -0.1) is 13.2 Å². The molecule has 0 fully saturated rings. The molecule has 0 N–H and O–H groups in total. The van der Waals surface area contributed by atoms with E-state index < -0.39 is 23.9 Å². The van der Waals surface area contributed by atoms with E-state index in [1.54, 1.807) is 0 Å². The first-order valence-electron chi connectivity index (χ1n) is 4.93. The Hall–Kier alpha value is -1.79. The molecule has 0 aliphatic carbocycles. The molecule has 0 bridgehead atoms. The molecule has 0 radical (unpaired) electrons. The van der Waals surface area contributed by atoms with Crippen LogP contribution in [0.4, 0.5) is 17.6 Å². The Kier molecular flexibility index (Phi) is 4.52. The van der Waals surface area contributed by atoms with Crippen LogP contribution in [0.3, 0.4) is 0 Å². The fourth-order valence-electron chi connectivity index (χ4n) is 1.26.